The second-order valence-electron chi connectivity index (χ2n) is 7.18. The lowest BCUT2D eigenvalue weighted by molar-refractivity contribution is -0.148. The van der Waals surface area contributed by atoms with E-state index in [1.165, 1.54) is 0 Å². The Balaban J connectivity index is 1.90. The molecule has 0 bridgehead atoms. The highest BCUT2D eigenvalue weighted by molar-refractivity contribution is 6.16. The van der Waals surface area contributed by atoms with Crippen molar-refractivity contribution in [3.63, 3.8) is 0 Å². The lowest BCUT2D eigenvalue weighted by Gasteiger charge is -2.29. The maximum absolute atomic E-state index is 12.7. The van der Waals surface area contributed by atoms with Crippen molar-refractivity contribution in [2.75, 3.05) is 24.1 Å². The Morgan fingerprint density at radius 2 is 1.12 bits per heavy atom. The number of hydrazone groups is 2. The average Bonchev–Trinajstić information content (AvgIpc) is 2.83. The van der Waals surface area contributed by atoms with E-state index in [4.69, 9.17) is 9.47 Å². The molecule has 2 N–H and O–H groups in total. The van der Waals surface area contributed by atoms with Crippen molar-refractivity contribution < 1.29 is 19.1 Å². The van der Waals surface area contributed by atoms with Crippen molar-refractivity contribution in [3.05, 3.63) is 60.7 Å². The smallest absolute Gasteiger partial charge is 0.315 e. The predicted molar refractivity (Wildman–Crippen MR) is 124 cm³/mol. The van der Waals surface area contributed by atoms with Gasteiger partial charge in [-0.05, 0) is 38.1 Å². The number of carbonyl (C=O) groups excluding carboxylic acids is 2. The van der Waals surface area contributed by atoms with Gasteiger partial charge < -0.3 is 9.47 Å². The van der Waals surface area contributed by atoms with Gasteiger partial charge in [0, 0.05) is 12.8 Å². The Morgan fingerprint density at radius 1 is 0.750 bits per heavy atom. The SMILES string of the molecule is CCOC(=O)C1C/C(=N\Nc2ccccc2)C(C(=O)OCC)C/C1=N/Nc1ccccc1. The molecule has 1 fully saturated rings. The third-order valence-corrected chi connectivity index (χ3v) is 4.98. The number of esters is 2. The minimum absolute atomic E-state index is 0.206. The fourth-order valence-electron chi connectivity index (χ4n) is 3.41. The summed E-state index contributed by atoms with van der Waals surface area (Å²) in [5.74, 6) is -2.08. The largest absolute Gasteiger partial charge is 0.465 e. The van der Waals surface area contributed by atoms with Gasteiger partial charge in [0.2, 0.25) is 0 Å². The summed E-state index contributed by atoms with van der Waals surface area (Å²) >= 11 is 0. The van der Waals surface area contributed by atoms with E-state index in [1.807, 2.05) is 60.7 Å². The van der Waals surface area contributed by atoms with Crippen molar-refractivity contribution in [3.8, 4) is 0 Å². The van der Waals surface area contributed by atoms with Crippen LogP contribution in [0.15, 0.2) is 70.9 Å². The van der Waals surface area contributed by atoms with E-state index in [1.54, 1.807) is 13.8 Å². The number of rotatable bonds is 8. The number of hydrogen-bond acceptors (Lipinski definition) is 8. The molecule has 2 atom stereocenters. The van der Waals surface area contributed by atoms with Gasteiger partial charge in [0.1, 0.15) is 11.8 Å². The zero-order valence-electron chi connectivity index (χ0n) is 18.3. The van der Waals surface area contributed by atoms with Crippen molar-refractivity contribution >= 4 is 34.7 Å². The summed E-state index contributed by atoms with van der Waals surface area (Å²) in [6.45, 7) is 4.02. The number of benzene rings is 2. The van der Waals surface area contributed by atoms with Crippen LogP contribution in [0.1, 0.15) is 26.7 Å². The molecule has 0 heterocycles. The number of nitrogens with one attached hydrogen (secondary N) is 2. The summed E-state index contributed by atoms with van der Waals surface area (Å²) in [7, 11) is 0. The summed E-state index contributed by atoms with van der Waals surface area (Å²) in [4.78, 5) is 25.4. The minimum atomic E-state index is -0.645. The number of carbonyl (C=O) groups is 2. The van der Waals surface area contributed by atoms with Crippen LogP contribution in [0.4, 0.5) is 11.4 Å². The molecule has 0 saturated heterocycles. The van der Waals surface area contributed by atoms with Crippen molar-refractivity contribution in [1.82, 2.24) is 0 Å². The topological polar surface area (TPSA) is 101 Å². The second kappa shape index (κ2) is 11.6. The van der Waals surface area contributed by atoms with Gasteiger partial charge in [-0.1, -0.05) is 36.4 Å². The zero-order chi connectivity index (χ0) is 22.8. The standard InChI is InChI=1S/C24H28N4O4/c1-3-31-23(29)19-15-22(28-26-18-13-9-6-10-14-18)20(24(30)32-4-2)16-21(19)27-25-17-11-7-5-8-12-17/h5-14,19-20,25-26H,3-4,15-16H2,1-2H3/b27-21-,28-22+. The highest BCUT2D eigenvalue weighted by atomic mass is 16.5. The van der Waals surface area contributed by atoms with Gasteiger partial charge in [0.25, 0.3) is 0 Å². The maximum atomic E-state index is 12.7. The van der Waals surface area contributed by atoms with E-state index in [0.29, 0.717) is 11.4 Å². The van der Waals surface area contributed by atoms with Gasteiger partial charge >= 0.3 is 11.9 Å². The lowest BCUT2D eigenvalue weighted by Crippen LogP contribution is -2.42. The van der Waals surface area contributed by atoms with Crippen LogP contribution >= 0.6 is 0 Å². The van der Waals surface area contributed by atoms with Crippen LogP contribution in [-0.4, -0.2) is 36.6 Å². The summed E-state index contributed by atoms with van der Waals surface area (Å²) in [6, 6.07) is 18.8. The summed E-state index contributed by atoms with van der Waals surface area (Å²) in [5.41, 5.74) is 8.58. The van der Waals surface area contributed by atoms with Crippen molar-refractivity contribution in [2.45, 2.75) is 26.7 Å². The fraction of sp³-hybridized carbons (Fsp3) is 0.333. The third-order valence-electron chi connectivity index (χ3n) is 4.98. The lowest BCUT2D eigenvalue weighted by atomic mass is 9.78. The predicted octanol–water partition coefficient (Wildman–Crippen LogP) is 4.08. The molecule has 1 aliphatic carbocycles. The molecule has 1 saturated carbocycles. The average molecular weight is 437 g/mol. The van der Waals surface area contributed by atoms with Crippen molar-refractivity contribution in [1.29, 1.82) is 0 Å². The van der Waals surface area contributed by atoms with E-state index in [9.17, 15) is 9.59 Å². The molecule has 32 heavy (non-hydrogen) atoms. The maximum Gasteiger partial charge on any atom is 0.315 e. The zero-order valence-corrected chi connectivity index (χ0v) is 18.3. The molecular weight excluding hydrogens is 408 g/mol. The summed E-state index contributed by atoms with van der Waals surface area (Å²) < 4.78 is 10.6. The molecule has 8 nitrogen and oxygen atoms in total. The van der Waals surface area contributed by atoms with Gasteiger partial charge in [-0.25, -0.2) is 0 Å². The van der Waals surface area contributed by atoms with Gasteiger partial charge in [-0.2, -0.15) is 10.2 Å². The third kappa shape index (κ3) is 6.16. The van der Waals surface area contributed by atoms with E-state index in [0.717, 1.165) is 11.4 Å². The molecule has 168 valence electrons. The molecule has 2 aromatic carbocycles. The Morgan fingerprint density at radius 3 is 1.47 bits per heavy atom. The summed E-state index contributed by atoms with van der Waals surface area (Å²) in [5, 5.41) is 8.93. The number of anilines is 2. The Bertz CT molecular complexity index is 881. The highest BCUT2D eigenvalue weighted by Crippen LogP contribution is 2.28. The number of hydrogen-bond donors (Lipinski definition) is 2. The van der Waals surface area contributed by atoms with Gasteiger partial charge in [-0.3, -0.25) is 20.4 Å². The van der Waals surface area contributed by atoms with Gasteiger partial charge in [-0.15, -0.1) is 0 Å². The molecule has 1 aliphatic rings. The Labute approximate surface area is 187 Å². The minimum Gasteiger partial charge on any atom is -0.465 e. The second-order valence-corrected chi connectivity index (χ2v) is 7.18. The van der Waals surface area contributed by atoms with Crippen molar-refractivity contribution in [2.24, 2.45) is 22.0 Å². The van der Waals surface area contributed by atoms with E-state index < -0.39 is 23.8 Å². The van der Waals surface area contributed by atoms with Crippen LogP contribution in [0.5, 0.6) is 0 Å². The van der Waals surface area contributed by atoms with Crippen LogP contribution < -0.4 is 10.9 Å². The van der Waals surface area contributed by atoms with Crippen LogP contribution in [0.2, 0.25) is 0 Å². The first-order valence-electron chi connectivity index (χ1n) is 10.7. The molecule has 8 heteroatoms. The molecule has 3 rings (SSSR count). The molecule has 0 aromatic heterocycles. The molecule has 2 unspecified atom stereocenters. The molecular formula is C24H28N4O4. The van der Waals surface area contributed by atoms with E-state index >= 15 is 0 Å². The van der Waals surface area contributed by atoms with Crippen LogP contribution in [0, 0.1) is 11.8 Å². The first-order chi connectivity index (χ1) is 15.6. The quantitative estimate of drug-likeness (QED) is 0.478. The fourth-order valence-corrected chi connectivity index (χ4v) is 3.41. The molecule has 0 radical (unpaired) electrons. The van der Waals surface area contributed by atoms with Gasteiger partial charge in [0.15, 0.2) is 0 Å². The highest BCUT2D eigenvalue weighted by Gasteiger charge is 2.41. The molecule has 2 aromatic rings. The first kappa shape index (κ1) is 23.0. The van der Waals surface area contributed by atoms with Gasteiger partial charge in [0.05, 0.1) is 36.0 Å². The Hall–Kier alpha value is -3.68. The monoisotopic (exact) mass is 436 g/mol. The summed E-state index contributed by atoms with van der Waals surface area (Å²) in [6.07, 6.45) is 0.412. The van der Waals surface area contributed by atoms with E-state index in [2.05, 4.69) is 21.1 Å². The number of ether oxygens (including phenoxy) is 2. The Kier molecular flexibility index (Phi) is 8.36. The van der Waals surface area contributed by atoms with E-state index in [-0.39, 0.29) is 26.1 Å². The number of para-hydroxylation sites is 2. The molecule has 0 amide bonds. The van der Waals surface area contributed by atoms with Crippen LogP contribution in [0.3, 0.4) is 0 Å². The first-order valence-corrected chi connectivity index (χ1v) is 10.7. The number of nitrogens with zero attached hydrogens (tertiary/aromatic N) is 2. The molecule has 0 aliphatic heterocycles. The molecule has 0 spiro atoms. The normalized spacial score (nSPS) is 20.6. The van der Waals surface area contributed by atoms with Crippen LogP contribution in [-0.2, 0) is 19.1 Å². The van der Waals surface area contributed by atoms with Crippen LogP contribution in [0.25, 0.3) is 0 Å².